The van der Waals surface area contributed by atoms with Crippen molar-refractivity contribution < 1.29 is 14.6 Å². The molecule has 0 saturated heterocycles. The van der Waals surface area contributed by atoms with Crippen LogP contribution < -0.4 is 14.8 Å². The lowest BCUT2D eigenvalue weighted by molar-refractivity contribution is 0.103. The first kappa shape index (κ1) is 15.1. The lowest BCUT2D eigenvalue weighted by Crippen LogP contribution is -2.16. The Morgan fingerprint density at radius 2 is 2.17 bits per heavy atom. The Hall–Kier alpha value is -0.970. The van der Waals surface area contributed by atoms with E-state index < -0.39 is 6.10 Å². The van der Waals surface area contributed by atoms with Gasteiger partial charge in [0.05, 0.1) is 18.2 Å². The molecule has 1 aromatic rings. The zero-order chi connectivity index (χ0) is 13.5. The summed E-state index contributed by atoms with van der Waals surface area (Å²) >= 11 is 6.16. The molecule has 0 fully saturated rings. The van der Waals surface area contributed by atoms with E-state index in [0.29, 0.717) is 29.5 Å². The van der Waals surface area contributed by atoms with E-state index in [0.717, 1.165) is 5.56 Å². The van der Waals surface area contributed by atoms with Gasteiger partial charge in [0.25, 0.3) is 0 Å². The first-order chi connectivity index (χ1) is 8.62. The van der Waals surface area contributed by atoms with Crippen molar-refractivity contribution in [1.29, 1.82) is 0 Å². The summed E-state index contributed by atoms with van der Waals surface area (Å²) in [6, 6.07) is 3.70. The molecule has 5 heteroatoms. The fourth-order valence-corrected chi connectivity index (χ4v) is 1.80. The summed E-state index contributed by atoms with van der Waals surface area (Å²) in [5.41, 5.74) is 1.02. The van der Waals surface area contributed by atoms with Crippen LogP contribution in [0.15, 0.2) is 12.1 Å². The highest BCUT2D eigenvalue weighted by Crippen LogP contribution is 2.36. The normalized spacial score (nSPS) is 12.3. The molecule has 1 rings (SSSR count). The number of aliphatic hydroxyl groups excluding tert-OH is 1. The first-order valence-electron chi connectivity index (χ1n) is 5.94. The summed E-state index contributed by atoms with van der Waals surface area (Å²) in [6.07, 6.45) is 0.139. The molecule has 102 valence electrons. The fraction of sp³-hybridized carbons (Fsp3) is 0.538. The number of hydrogen-bond acceptors (Lipinski definition) is 4. The number of rotatable bonds is 7. The standard InChI is InChI=1S/C13H20ClNO3/c1-4-10(16)8-18-13-11(14)5-9(7-15-2)6-12(13)17-3/h5-6,10,15-16H,4,7-8H2,1-3H3. The third-order valence-corrected chi connectivity index (χ3v) is 2.84. The zero-order valence-corrected chi connectivity index (χ0v) is 11.8. The van der Waals surface area contributed by atoms with Crippen LogP contribution in [0, 0.1) is 0 Å². The van der Waals surface area contributed by atoms with Gasteiger partial charge in [0.15, 0.2) is 11.5 Å². The molecule has 1 unspecified atom stereocenters. The van der Waals surface area contributed by atoms with E-state index in [1.165, 1.54) is 0 Å². The minimum Gasteiger partial charge on any atom is -0.493 e. The molecule has 0 aliphatic rings. The maximum Gasteiger partial charge on any atom is 0.179 e. The summed E-state index contributed by atoms with van der Waals surface area (Å²) in [4.78, 5) is 0. The van der Waals surface area contributed by atoms with E-state index in [1.54, 1.807) is 7.11 Å². The van der Waals surface area contributed by atoms with E-state index in [4.69, 9.17) is 21.1 Å². The van der Waals surface area contributed by atoms with Crippen molar-refractivity contribution in [3.63, 3.8) is 0 Å². The molecule has 0 heterocycles. The Morgan fingerprint density at radius 3 is 2.72 bits per heavy atom. The molecule has 0 radical (unpaired) electrons. The Bertz CT molecular complexity index is 385. The van der Waals surface area contributed by atoms with Crippen LogP contribution in [0.5, 0.6) is 11.5 Å². The number of methoxy groups -OCH3 is 1. The van der Waals surface area contributed by atoms with Gasteiger partial charge in [-0.2, -0.15) is 0 Å². The molecule has 0 aliphatic heterocycles. The predicted molar refractivity (Wildman–Crippen MR) is 72.6 cm³/mol. The summed E-state index contributed by atoms with van der Waals surface area (Å²) in [5.74, 6) is 1.06. The monoisotopic (exact) mass is 273 g/mol. The Balaban J connectivity index is 2.89. The van der Waals surface area contributed by atoms with Crippen LogP contribution in [0.25, 0.3) is 0 Å². The molecular weight excluding hydrogens is 254 g/mol. The van der Waals surface area contributed by atoms with Crippen molar-refractivity contribution in [1.82, 2.24) is 5.32 Å². The highest BCUT2D eigenvalue weighted by Gasteiger charge is 2.13. The molecule has 18 heavy (non-hydrogen) atoms. The van der Waals surface area contributed by atoms with Gasteiger partial charge >= 0.3 is 0 Å². The van der Waals surface area contributed by atoms with Gasteiger partial charge in [-0.05, 0) is 31.2 Å². The third kappa shape index (κ3) is 4.05. The zero-order valence-electron chi connectivity index (χ0n) is 11.0. The number of ether oxygens (including phenoxy) is 2. The second-order valence-corrected chi connectivity index (χ2v) is 4.42. The molecule has 0 aromatic heterocycles. The summed E-state index contributed by atoms with van der Waals surface area (Å²) in [6.45, 7) is 2.80. The van der Waals surface area contributed by atoms with Gasteiger partial charge in [-0.1, -0.05) is 18.5 Å². The molecule has 0 bridgehead atoms. The molecular formula is C13H20ClNO3. The van der Waals surface area contributed by atoms with E-state index in [2.05, 4.69) is 5.32 Å². The van der Waals surface area contributed by atoms with E-state index in [-0.39, 0.29) is 6.61 Å². The first-order valence-corrected chi connectivity index (χ1v) is 6.32. The fourth-order valence-electron chi connectivity index (χ4n) is 1.52. The molecule has 2 N–H and O–H groups in total. The van der Waals surface area contributed by atoms with E-state index in [9.17, 15) is 5.11 Å². The van der Waals surface area contributed by atoms with Gasteiger partial charge in [0.2, 0.25) is 0 Å². The minimum absolute atomic E-state index is 0.206. The Kier molecular flexibility index (Phi) is 6.25. The number of benzene rings is 1. The number of nitrogens with one attached hydrogen (secondary N) is 1. The van der Waals surface area contributed by atoms with Crippen molar-refractivity contribution >= 4 is 11.6 Å². The smallest absolute Gasteiger partial charge is 0.179 e. The van der Waals surface area contributed by atoms with Crippen molar-refractivity contribution in [2.75, 3.05) is 20.8 Å². The molecule has 0 spiro atoms. The van der Waals surface area contributed by atoms with Gasteiger partial charge in [0, 0.05) is 6.54 Å². The van der Waals surface area contributed by atoms with Crippen molar-refractivity contribution in [3.05, 3.63) is 22.7 Å². The molecule has 0 aliphatic carbocycles. The van der Waals surface area contributed by atoms with Crippen LogP contribution in [-0.4, -0.2) is 32.0 Å². The molecule has 4 nitrogen and oxygen atoms in total. The molecule has 1 atom stereocenters. The highest BCUT2D eigenvalue weighted by atomic mass is 35.5. The van der Waals surface area contributed by atoms with E-state index >= 15 is 0 Å². The third-order valence-electron chi connectivity index (χ3n) is 2.56. The lowest BCUT2D eigenvalue weighted by Gasteiger charge is -2.16. The van der Waals surface area contributed by atoms with Gasteiger partial charge in [0.1, 0.15) is 6.61 Å². The van der Waals surface area contributed by atoms with Crippen molar-refractivity contribution in [2.45, 2.75) is 26.0 Å². The maximum atomic E-state index is 9.49. The van der Waals surface area contributed by atoms with Crippen LogP contribution in [0.1, 0.15) is 18.9 Å². The van der Waals surface area contributed by atoms with Gasteiger partial charge in [-0.25, -0.2) is 0 Å². The number of aliphatic hydroxyl groups is 1. The summed E-state index contributed by atoms with van der Waals surface area (Å²) in [7, 11) is 3.43. The minimum atomic E-state index is -0.497. The average Bonchev–Trinajstić information content (AvgIpc) is 2.36. The largest absolute Gasteiger partial charge is 0.493 e. The summed E-state index contributed by atoms with van der Waals surface area (Å²) < 4.78 is 10.8. The number of halogens is 1. The van der Waals surface area contributed by atoms with Crippen molar-refractivity contribution in [2.24, 2.45) is 0 Å². The van der Waals surface area contributed by atoms with Gasteiger partial charge < -0.3 is 19.9 Å². The van der Waals surface area contributed by atoms with Crippen LogP contribution in [0.4, 0.5) is 0 Å². The quantitative estimate of drug-likeness (QED) is 0.800. The SMILES string of the molecule is CCC(O)COc1c(Cl)cc(CNC)cc1OC. The summed E-state index contributed by atoms with van der Waals surface area (Å²) in [5, 5.41) is 13.0. The van der Waals surface area contributed by atoms with Crippen LogP contribution in [0.3, 0.4) is 0 Å². The van der Waals surface area contributed by atoms with Gasteiger partial charge in [-0.15, -0.1) is 0 Å². The highest BCUT2D eigenvalue weighted by molar-refractivity contribution is 6.32. The van der Waals surface area contributed by atoms with E-state index in [1.807, 2.05) is 26.1 Å². The number of hydrogen-bond donors (Lipinski definition) is 2. The van der Waals surface area contributed by atoms with Crippen LogP contribution in [0.2, 0.25) is 5.02 Å². The second-order valence-electron chi connectivity index (χ2n) is 4.01. The maximum absolute atomic E-state index is 9.49. The Morgan fingerprint density at radius 1 is 1.44 bits per heavy atom. The topological polar surface area (TPSA) is 50.7 Å². The molecule has 0 amide bonds. The lowest BCUT2D eigenvalue weighted by atomic mass is 10.2. The Labute approximate surface area is 113 Å². The van der Waals surface area contributed by atoms with Crippen molar-refractivity contribution in [3.8, 4) is 11.5 Å². The second kappa shape index (κ2) is 7.46. The van der Waals surface area contributed by atoms with Gasteiger partial charge in [-0.3, -0.25) is 0 Å². The average molecular weight is 274 g/mol. The molecule has 1 aromatic carbocycles. The predicted octanol–water partition coefficient (Wildman–Crippen LogP) is 2.22. The van der Waals surface area contributed by atoms with Crippen LogP contribution >= 0.6 is 11.6 Å². The molecule has 0 saturated carbocycles. The van der Waals surface area contributed by atoms with Crippen LogP contribution in [-0.2, 0) is 6.54 Å².